The van der Waals surface area contributed by atoms with E-state index < -0.39 is 0 Å². The Bertz CT molecular complexity index is 333. The molecule has 16 heavy (non-hydrogen) atoms. The van der Waals surface area contributed by atoms with Crippen molar-refractivity contribution in [2.45, 2.75) is 25.4 Å². The van der Waals surface area contributed by atoms with E-state index in [0.717, 1.165) is 24.9 Å². The summed E-state index contributed by atoms with van der Waals surface area (Å²) in [6, 6.07) is 9.96. The molecule has 1 aromatic carbocycles. The van der Waals surface area contributed by atoms with E-state index in [-0.39, 0.29) is 11.9 Å². The number of carbonyl (C=O) groups excluding carboxylic acids is 1. The first-order valence-corrected chi connectivity index (χ1v) is 5.66. The van der Waals surface area contributed by atoms with E-state index in [2.05, 4.69) is 16.2 Å². The van der Waals surface area contributed by atoms with Crippen LogP contribution in [0.5, 0.6) is 0 Å². The molecule has 1 heterocycles. The molecule has 0 radical (unpaired) electrons. The number of rotatable bonds is 4. The maximum Gasteiger partial charge on any atom is 0.251 e. The van der Waals surface area contributed by atoms with Gasteiger partial charge in [0.25, 0.3) is 5.91 Å². The highest BCUT2D eigenvalue weighted by Crippen LogP contribution is 2.04. The van der Waals surface area contributed by atoms with Gasteiger partial charge in [-0.3, -0.25) is 10.2 Å². The molecule has 0 saturated carbocycles. The van der Waals surface area contributed by atoms with Gasteiger partial charge in [-0.1, -0.05) is 30.3 Å². The molecule has 1 amide bonds. The number of hydrogen-bond donors (Lipinski definition) is 3. The molecule has 2 rings (SSSR count). The minimum absolute atomic E-state index is 0.0247. The summed E-state index contributed by atoms with van der Waals surface area (Å²) >= 11 is 0. The van der Waals surface area contributed by atoms with Gasteiger partial charge in [-0.05, 0) is 24.9 Å². The van der Waals surface area contributed by atoms with E-state index in [4.69, 9.17) is 0 Å². The lowest BCUT2D eigenvalue weighted by Crippen LogP contribution is -2.46. The number of amides is 1. The van der Waals surface area contributed by atoms with Crippen LogP contribution in [0.25, 0.3) is 0 Å². The zero-order chi connectivity index (χ0) is 11.2. The molecule has 86 valence electrons. The van der Waals surface area contributed by atoms with Crippen LogP contribution in [0, 0.1) is 0 Å². The first-order valence-electron chi connectivity index (χ1n) is 5.66. The first kappa shape index (κ1) is 11.1. The third-order valence-electron chi connectivity index (χ3n) is 2.72. The zero-order valence-electron chi connectivity index (χ0n) is 9.20. The molecule has 1 saturated heterocycles. The van der Waals surface area contributed by atoms with Crippen molar-refractivity contribution in [3.63, 3.8) is 0 Å². The van der Waals surface area contributed by atoms with Crippen LogP contribution in [0.3, 0.4) is 0 Å². The van der Waals surface area contributed by atoms with E-state index in [0.29, 0.717) is 6.54 Å². The van der Waals surface area contributed by atoms with Crippen LogP contribution in [-0.4, -0.2) is 18.5 Å². The molecule has 1 fully saturated rings. The second-order valence-electron chi connectivity index (χ2n) is 3.98. The van der Waals surface area contributed by atoms with Crippen LogP contribution in [0.4, 0.5) is 0 Å². The van der Waals surface area contributed by atoms with Crippen molar-refractivity contribution in [2.75, 3.05) is 6.54 Å². The fourth-order valence-electron chi connectivity index (χ4n) is 1.82. The molecule has 1 aliphatic heterocycles. The second kappa shape index (κ2) is 5.63. The Hall–Kier alpha value is -1.39. The molecule has 4 nitrogen and oxygen atoms in total. The molecule has 1 aromatic rings. The van der Waals surface area contributed by atoms with Gasteiger partial charge < -0.3 is 5.32 Å². The summed E-state index contributed by atoms with van der Waals surface area (Å²) in [5, 5.41) is 3.15. The predicted molar refractivity (Wildman–Crippen MR) is 62.4 cm³/mol. The fraction of sp³-hybridized carbons (Fsp3) is 0.417. The topological polar surface area (TPSA) is 53.2 Å². The summed E-state index contributed by atoms with van der Waals surface area (Å²) in [5.74, 6) is 0.0356. The van der Waals surface area contributed by atoms with Gasteiger partial charge in [-0.15, -0.1) is 0 Å². The lowest BCUT2D eigenvalue weighted by Gasteiger charge is -2.11. The van der Waals surface area contributed by atoms with Gasteiger partial charge in [-0.2, -0.15) is 0 Å². The number of nitrogens with one attached hydrogen (secondary N) is 3. The molecule has 0 aromatic heterocycles. The maximum absolute atomic E-state index is 11.6. The molecular weight excluding hydrogens is 202 g/mol. The van der Waals surface area contributed by atoms with Crippen molar-refractivity contribution in [3.05, 3.63) is 35.9 Å². The van der Waals surface area contributed by atoms with Gasteiger partial charge in [-0.25, -0.2) is 5.43 Å². The molecular formula is C12H17N3O. The van der Waals surface area contributed by atoms with Crippen LogP contribution in [-0.2, 0) is 11.3 Å². The van der Waals surface area contributed by atoms with E-state index in [9.17, 15) is 4.79 Å². The Morgan fingerprint density at radius 3 is 2.88 bits per heavy atom. The van der Waals surface area contributed by atoms with Crippen molar-refractivity contribution in [1.82, 2.24) is 16.2 Å². The highest BCUT2D eigenvalue weighted by Gasteiger charge is 2.21. The minimum Gasteiger partial charge on any atom is -0.306 e. The van der Waals surface area contributed by atoms with Gasteiger partial charge in [0, 0.05) is 6.54 Å². The molecule has 1 atom stereocenters. The lowest BCUT2D eigenvalue weighted by atomic mass is 10.2. The molecule has 4 heteroatoms. The minimum atomic E-state index is -0.0247. The van der Waals surface area contributed by atoms with Crippen molar-refractivity contribution in [1.29, 1.82) is 0 Å². The van der Waals surface area contributed by atoms with Gasteiger partial charge in [0.05, 0.1) is 6.04 Å². The number of carbonyl (C=O) groups is 1. The van der Waals surface area contributed by atoms with Crippen LogP contribution in [0.15, 0.2) is 30.3 Å². The average molecular weight is 219 g/mol. The SMILES string of the molecule is O=C(NNCc1ccccc1)C1CCCN1. The Balaban J connectivity index is 1.70. The quantitative estimate of drug-likeness (QED) is 0.649. The van der Waals surface area contributed by atoms with Crippen molar-refractivity contribution in [2.24, 2.45) is 0 Å². The average Bonchev–Trinajstić information content (AvgIpc) is 2.84. The zero-order valence-corrected chi connectivity index (χ0v) is 9.20. The molecule has 0 spiro atoms. The molecule has 0 bridgehead atoms. The van der Waals surface area contributed by atoms with Crippen LogP contribution >= 0.6 is 0 Å². The monoisotopic (exact) mass is 219 g/mol. The molecule has 0 aliphatic carbocycles. The van der Waals surface area contributed by atoms with Gasteiger partial charge in [0.1, 0.15) is 0 Å². The highest BCUT2D eigenvalue weighted by atomic mass is 16.2. The van der Waals surface area contributed by atoms with Crippen molar-refractivity contribution >= 4 is 5.91 Å². The van der Waals surface area contributed by atoms with Gasteiger partial charge >= 0.3 is 0 Å². The summed E-state index contributed by atoms with van der Waals surface area (Å²) in [7, 11) is 0. The summed E-state index contributed by atoms with van der Waals surface area (Å²) < 4.78 is 0. The summed E-state index contributed by atoms with van der Waals surface area (Å²) in [4.78, 5) is 11.6. The number of hydrazine groups is 1. The van der Waals surface area contributed by atoms with E-state index >= 15 is 0 Å². The Kier molecular flexibility index (Phi) is 3.91. The van der Waals surface area contributed by atoms with Crippen molar-refractivity contribution in [3.8, 4) is 0 Å². The second-order valence-corrected chi connectivity index (χ2v) is 3.98. The van der Waals surface area contributed by atoms with E-state index in [1.807, 2.05) is 30.3 Å². The summed E-state index contributed by atoms with van der Waals surface area (Å²) in [6.07, 6.45) is 2.01. The largest absolute Gasteiger partial charge is 0.306 e. The van der Waals surface area contributed by atoms with Crippen molar-refractivity contribution < 1.29 is 4.79 Å². The van der Waals surface area contributed by atoms with Crippen LogP contribution in [0.1, 0.15) is 18.4 Å². The lowest BCUT2D eigenvalue weighted by molar-refractivity contribution is -0.123. The Labute approximate surface area is 95.4 Å². The maximum atomic E-state index is 11.6. The smallest absolute Gasteiger partial charge is 0.251 e. The van der Waals surface area contributed by atoms with Crippen LogP contribution in [0.2, 0.25) is 0 Å². The predicted octanol–water partition coefficient (Wildman–Crippen LogP) is 0.559. The third kappa shape index (κ3) is 3.05. The molecule has 1 unspecified atom stereocenters. The standard InChI is InChI=1S/C12H17N3O/c16-12(11-7-4-8-13-11)15-14-9-10-5-2-1-3-6-10/h1-3,5-6,11,13-14H,4,7-9H2,(H,15,16). The normalized spacial score (nSPS) is 19.6. The van der Waals surface area contributed by atoms with Gasteiger partial charge in [0.2, 0.25) is 0 Å². The molecule has 1 aliphatic rings. The first-order chi connectivity index (χ1) is 7.86. The van der Waals surface area contributed by atoms with Gasteiger partial charge in [0.15, 0.2) is 0 Å². The fourth-order valence-corrected chi connectivity index (χ4v) is 1.82. The Morgan fingerprint density at radius 1 is 1.38 bits per heavy atom. The van der Waals surface area contributed by atoms with E-state index in [1.54, 1.807) is 0 Å². The summed E-state index contributed by atoms with van der Waals surface area (Å²) in [6.45, 7) is 1.59. The Morgan fingerprint density at radius 2 is 2.19 bits per heavy atom. The van der Waals surface area contributed by atoms with Crippen LogP contribution < -0.4 is 16.2 Å². The molecule has 3 N–H and O–H groups in total. The number of hydrogen-bond acceptors (Lipinski definition) is 3. The van der Waals surface area contributed by atoms with E-state index in [1.165, 1.54) is 0 Å². The number of benzene rings is 1. The highest BCUT2D eigenvalue weighted by molar-refractivity contribution is 5.81. The summed E-state index contributed by atoms with van der Waals surface area (Å²) in [5.41, 5.74) is 6.82. The third-order valence-corrected chi connectivity index (χ3v) is 2.72.